The monoisotopic (exact) mass is 721 g/mol. The Bertz CT molecular complexity index is 1700. The molecule has 3 aromatic rings. The molecule has 0 N–H and O–H groups in total. The summed E-state index contributed by atoms with van der Waals surface area (Å²) >= 11 is 0. The Labute approximate surface area is 302 Å². The third kappa shape index (κ3) is 10.3. The van der Waals surface area contributed by atoms with E-state index in [2.05, 4.69) is 35.0 Å². The number of aryl methyl sites for hydroxylation is 1. The van der Waals surface area contributed by atoms with Crippen molar-refractivity contribution in [3.05, 3.63) is 89.0 Å². The quantitative estimate of drug-likeness (QED) is 0.0955. The van der Waals surface area contributed by atoms with Crippen LogP contribution in [0.15, 0.2) is 76.6 Å². The van der Waals surface area contributed by atoms with Crippen molar-refractivity contribution in [2.24, 2.45) is 10.9 Å². The zero-order chi connectivity index (χ0) is 36.2. The highest BCUT2D eigenvalue weighted by Gasteiger charge is 2.43. The molecule has 11 nitrogen and oxygen atoms in total. The van der Waals surface area contributed by atoms with E-state index in [1.54, 1.807) is 44.6 Å². The topological polar surface area (TPSA) is 116 Å². The lowest BCUT2D eigenvalue weighted by atomic mass is 9.83. The van der Waals surface area contributed by atoms with Crippen LogP contribution in [0.2, 0.25) is 0 Å². The number of aliphatic imine (C=N–C) groups is 1. The largest absolute Gasteiger partial charge is 0.490 e. The lowest BCUT2D eigenvalue weighted by molar-refractivity contribution is -0.0186. The zero-order valence-electron chi connectivity index (χ0n) is 30.2. The summed E-state index contributed by atoms with van der Waals surface area (Å²) in [6.07, 6.45) is 2.45. The number of hydrogen-bond donors (Lipinski definition) is 0. The summed E-state index contributed by atoms with van der Waals surface area (Å²) < 4.78 is 58.8. The van der Waals surface area contributed by atoms with E-state index in [1.807, 2.05) is 31.2 Å². The molecule has 0 spiro atoms. The first-order valence-electron chi connectivity index (χ1n) is 17.6. The molecule has 2 aliphatic rings. The van der Waals surface area contributed by atoms with E-state index >= 15 is 0 Å². The molecule has 3 aromatic carbocycles. The fourth-order valence-corrected chi connectivity index (χ4v) is 8.44. The van der Waals surface area contributed by atoms with Crippen LogP contribution in [0.5, 0.6) is 5.75 Å². The molecule has 0 saturated carbocycles. The van der Waals surface area contributed by atoms with Gasteiger partial charge in [0, 0.05) is 51.8 Å². The number of nitrogens with zero attached hydrogens (tertiary/aromatic N) is 3. The van der Waals surface area contributed by atoms with Gasteiger partial charge in [0.2, 0.25) is 16.1 Å². The minimum absolute atomic E-state index is 0.00707. The molecular formula is C39H51N3O8S. The predicted molar refractivity (Wildman–Crippen MR) is 196 cm³/mol. The second kappa shape index (κ2) is 18.8. The standard InChI is InChI=1S/C39H51N3O8S/c1-29-6-13-35(14-7-29)51(44,45)42-23-39(50-27-32-10-15-38-37(20-32)41(17-19-49-38)16-5-18-46-3)36(21-34(42)22-40-28-43)33-11-8-31(9-12-33)26-48-25-30(2)24-47-4/h6-15,20,30,34,36,39H,5,16-19,21-27H2,1-4H3/t30-,34+,36+,39-/m0/s1. The average Bonchev–Trinajstić information content (AvgIpc) is 3.14. The molecule has 1 saturated heterocycles. The van der Waals surface area contributed by atoms with Gasteiger partial charge in [-0.05, 0) is 60.7 Å². The third-order valence-electron chi connectivity index (χ3n) is 9.49. The molecule has 0 radical (unpaired) electrons. The molecule has 12 heteroatoms. The minimum atomic E-state index is -3.93. The lowest BCUT2D eigenvalue weighted by Gasteiger charge is -2.42. The van der Waals surface area contributed by atoms with Crippen LogP contribution in [0.4, 0.5) is 5.69 Å². The molecule has 276 valence electrons. The predicted octanol–water partition coefficient (Wildman–Crippen LogP) is 5.50. The number of carbonyl (C=O) groups excluding carboxylic acids is 1. The molecule has 51 heavy (non-hydrogen) atoms. The van der Waals surface area contributed by atoms with E-state index in [9.17, 15) is 13.2 Å². The van der Waals surface area contributed by atoms with Gasteiger partial charge in [-0.15, -0.1) is 0 Å². The fraction of sp³-hybridized carbons (Fsp3) is 0.513. The molecule has 0 bridgehead atoms. The Morgan fingerprint density at radius 2 is 1.75 bits per heavy atom. The van der Waals surface area contributed by atoms with Crippen molar-refractivity contribution >= 4 is 21.8 Å². The Morgan fingerprint density at radius 1 is 0.980 bits per heavy atom. The van der Waals surface area contributed by atoms with Crippen LogP contribution in [-0.4, -0.2) is 97.8 Å². The van der Waals surface area contributed by atoms with Gasteiger partial charge in [-0.2, -0.15) is 4.31 Å². The van der Waals surface area contributed by atoms with Crippen LogP contribution >= 0.6 is 0 Å². The number of methoxy groups -OCH3 is 2. The number of ether oxygens (including phenoxy) is 5. The highest BCUT2D eigenvalue weighted by atomic mass is 32.2. The van der Waals surface area contributed by atoms with Crippen molar-refractivity contribution < 1.29 is 36.9 Å². The Kier molecular flexibility index (Phi) is 14.2. The maximum absolute atomic E-state index is 14.2. The summed E-state index contributed by atoms with van der Waals surface area (Å²) in [6, 6.07) is 20.6. The molecular weight excluding hydrogens is 671 g/mol. The molecule has 4 atom stereocenters. The van der Waals surface area contributed by atoms with Gasteiger partial charge in [0.25, 0.3) is 0 Å². The number of isocyanates is 1. The number of piperidine rings is 1. The molecule has 0 aliphatic carbocycles. The SMILES string of the molecule is COCCCN1CCOc2ccc(CO[C@H]3CN(S(=O)(=O)c4ccc(C)cc4)[C@@H](CN=C=O)C[C@@H]3c3ccc(COC[C@@H](C)COC)cc3)cc21. The van der Waals surface area contributed by atoms with E-state index < -0.39 is 22.2 Å². The number of sulfonamides is 1. The highest BCUT2D eigenvalue weighted by molar-refractivity contribution is 7.89. The van der Waals surface area contributed by atoms with Gasteiger partial charge in [-0.3, -0.25) is 0 Å². The molecule has 5 rings (SSSR count). The molecule has 0 aromatic heterocycles. The lowest BCUT2D eigenvalue weighted by Crippen LogP contribution is -2.53. The zero-order valence-corrected chi connectivity index (χ0v) is 31.0. The summed E-state index contributed by atoms with van der Waals surface area (Å²) in [5.74, 6) is 0.967. The van der Waals surface area contributed by atoms with E-state index in [4.69, 9.17) is 23.7 Å². The second-order valence-corrected chi connectivity index (χ2v) is 15.4. The first-order valence-corrected chi connectivity index (χ1v) is 19.1. The first-order chi connectivity index (χ1) is 24.7. The summed E-state index contributed by atoms with van der Waals surface area (Å²) in [7, 11) is -0.539. The average molecular weight is 722 g/mol. The second-order valence-electron chi connectivity index (χ2n) is 13.5. The molecule has 0 amide bonds. The van der Waals surface area contributed by atoms with Crippen LogP contribution in [-0.2, 0) is 47.0 Å². The van der Waals surface area contributed by atoms with Crippen LogP contribution in [0.3, 0.4) is 0 Å². The normalized spacial score (nSPS) is 19.9. The molecule has 1 fully saturated rings. The minimum Gasteiger partial charge on any atom is -0.490 e. The number of rotatable bonds is 18. The van der Waals surface area contributed by atoms with E-state index in [1.165, 1.54) is 4.31 Å². The molecule has 2 heterocycles. The molecule has 2 aliphatic heterocycles. The summed E-state index contributed by atoms with van der Waals surface area (Å²) in [5.41, 5.74) is 5.00. The van der Waals surface area contributed by atoms with Crippen molar-refractivity contribution in [2.45, 2.75) is 62.9 Å². The summed E-state index contributed by atoms with van der Waals surface area (Å²) in [6.45, 7) is 9.03. The van der Waals surface area contributed by atoms with Gasteiger partial charge < -0.3 is 28.6 Å². The van der Waals surface area contributed by atoms with Crippen molar-refractivity contribution in [2.75, 3.05) is 71.7 Å². The summed E-state index contributed by atoms with van der Waals surface area (Å²) in [4.78, 5) is 17.6. The fourth-order valence-electron chi connectivity index (χ4n) is 6.80. The van der Waals surface area contributed by atoms with Crippen molar-refractivity contribution in [1.29, 1.82) is 0 Å². The number of anilines is 1. The van der Waals surface area contributed by atoms with Gasteiger partial charge in [-0.25, -0.2) is 18.2 Å². The van der Waals surface area contributed by atoms with Crippen molar-refractivity contribution in [1.82, 2.24) is 4.31 Å². The van der Waals surface area contributed by atoms with Gasteiger partial charge in [0.1, 0.15) is 12.4 Å². The molecule has 0 unspecified atom stereocenters. The maximum atomic E-state index is 14.2. The Balaban J connectivity index is 1.41. The number of hydrogen-bond acceptors (Lipinski definition) is 10. The van der Waals surface area contributed by atoms with E-state index in [0.717, 1.165) is 53.2 Å². The maximum Gasteiger partial charge on any atom is 0.243 e. The van der Waals surface area contributed by atoms with E-state index in [0.29, 0.717) is 45.4 Å². The van der Waals surface area contributed by atoms with Gasteiger partial charge in [0.15, 0.2) is 0 Å². The van der Waals surface area contributed by atoms with Crippen LogP contribution < -0.4 is 9.64 Å². The Hall–Kier alpha value is -3.61. The van der Waals surface area contributed by atoms with Gasteiger partial charge in [-0.1, -0.05) is 55.0 Å². The van der Waals surface area contributed by atoms with Crippen molar-refractivity contribution in [3.63, 3.8) is 0 Å². The highest BCUT2D eigenvalue weighted by Crippen LogP contribution is 2.38. The summed E-state index contributed by atoms with van der Waals surface area (Å²) in [5, 5.41) is 0. The van der Waals surface area contributed by atoms with Crippen LogP contribution in [0, 0.1) is 12.8 Å². The smallest absolute Gasteiger partial charge is 0.243 e. The first kappa shape index (κ1) is 38.6. The Morgan fingerprint density at radius 3 is 2.47 bits per heavy atom. The van der Waals surface area contributed by atoms with Crippen molar-refractivity contribution in [3.8, 4) is 5.75 Å². The van der Waals surface area contributed by atoms with E-state index in [-0.39, 0.29) is 30.5 Å². The van der Waals surface area contributed by atoms with Crippen LogP contribution in [0.25, 0.3) is 0 Å². The number of benzene rings is 3. The third-order valence-corrected chi connectivity index (χ3v) is 11.4. The number of fused-ring (bicyclic) bond motifs is 1. The van der Waals surface area contributed by atoms with Crippen LogP contribution in [0.1, 0.15) is 47.9 Å². The van der Waals surface area contributed by atoms with Gasteiger partial charge >= 0.3 is 0 Å². The van der Waals surface area contributed by atoms with Gasteiger partial charge in [0.05, 0.1) is 56.2 Å².